The van der Waals surface area contributed by atoms with Crippen molar-refractivity contribution in [1.82, 2.24) is 15.6 Å². The number of hydrogen-bond acceptors (Lipinski definition) is 5. The van der Waals surface area contributed by atoms with Gasteiger partial charge in [-0.3, -0.25) is 10.4 Å². The Morgan fingerprint density at radius 2 is 1.97 bits per heavy atom. The maximum absolute atomic E-state index is 8.59. The zero-order chi connectivity index (χ0) is 25.5. The number of allylic oxidation sites excluding steroid dienone is 3. The summed E-state index contributed by atoms with van der Waals surface area (Å²) in [7, 11) is 1.86. The highest BCUT2D eigenvalue weighted by Gasteiger charge is 2.26. The van der Waals surface area contributed by atoms with Crippen LogP contribution in [0.2, 0.25) is 0 Å². The van der Waals surface area contributed by atoms with Crippen molar-refractivity contribution in [2.24, 2.45) is 15.8 Å². The normalized spacial score (nSPS) is 17.2. The third-order valence-corrected chi connectivity index (χ3v) is 6.76. The minimum absolute atomic E-state index is 0.0556. The molecular weight excluding hydrogens is 440 g/mol. The summed E-state index contributed by atoms with van der Waals surface area (Å²) in [6.07, 6.45) is 4.75. The molecule has 4 N–H and O–H groups in total. The number of pyridine rings is 1. The lowest BCUT2D eigenvalue weighted by atomic mass is 9.79. The average molecular weight is 485 g/mol. The van der Waals surface area contributed by atoms with Gasteiger partial charge in [0.1, 0.15) is 22.5 Å². The summed E-state index contributed by atoms with van der Waals surface area (Å²) >= 11 is 1.58. The molecule has 1 aromatic heterocycles. The number of aromatic nitrogens is 1. The Bertz CT molecular complexity index is 952. The van der Waals surface area contributed by atoms with Gasteiger partial charge >= 0.3 is 0 Å². The maximum Gasteiger partial charge on any atom is 0.126 e. The predicted molar refractivity (Wildman–Crippen MR) is 149 cm³/mol. The molecule has 1 aromatic rings. The summed E-state index contributed by atoms with van der Waals surface area (Å²) < 4.78 is 0. The van der Waals surface area contributed by atoms with Crippen molar-refractivity contribution < 1.29 is 0 Å². The van der Waals surface area contributed by atoms with E-state index in [1.165, 1.54) is 11.1 Å². The van der Waals surface area contributed by atoms with Crippen LogP contribution in [0.3, 0.4) is 0 Å². The summed E-state index contributed by atoms with van der Waals surface area (Å²) in [5, 5.41) is 19.4. The third-order valence-electron chi connectivity index (χ3n) is 5.95. The monoisotopic (exact) mass is 484 g/mol. The highest BCUT2D eigenvalue weighted by atomic mass is 32.2. The Balaban J connectivity index is 2.15. The molecule has 0 saturated heterocycles. The maximum atomic E-state index is 8.59. The molecule has 0 radical (unpaired) electrons. The van der Waals surface area contributed by atoms with Gasteiger partial charge in [-0.2, -0.15) is 0 Å². The number of hydrogen-bond donors (Lipinski definition) is 4. The van der Waals surface area contributed by atoms with Crippen LogP contribution >= 0.6 is 11.8 Å². The molecule has 0 fully saturated rings. The molecule has 0 aromatic carbocycles. The molecule has 0 bridgehead atoms. The number of rotatable bonds is 9. The van der Waals surface area contributed by atoms with E-state index in [1.54, 1.807) is 11.8 Å². The first-order chi connectivity index (χ1) is 15.8. The first-order valence-corrected chi connectivity index (χ1v) is 13.2. The van der Waals surface area contributed by atoms with E-state index in [0.717, 1.165) is 35.2 Å². The first kappa shape index (κ1) is 28.0. The van der Waals surface area contributed by atoms with Gasteiger partial charge in [-0.1, -0.05) is 65.4 Å². The summed E-state index contributed by atoms with van der Waals surface area (Å²) in [5.74, 6) is 2.72. The van der Waals surface area contributed by atoms with Gasteiger partial charge in [-0.05, 0) is 60.8 Å². The van der Waals surface area contributed by atoms with Crippen molar-refractivity contribution in [3.05, 3.63) is 41.1 Å². The minimum Gasteiger partial charge on any atom is -0.373 e. The van der Waals surface area contributed by atoms with Crippen LogP contribution < -0.4 is 16.0 Å². The fourth-order valence-corrected chi connectivity index (χ4v) is 5.17. The molecule has 188 valence electrons. The van der Waals surface area contributed by atoms with Gasteiger partial charge in [0.15, 0.2) is 0 Å². The topological polar surface area (TPSA) is 85.2 Å². The Labute approximate surface area is 211 Å². The van der Waals surface area contributed by atoms with Gasteiger partial charge in [-0.25, -0.2) is 4.98 Å². The van der Waals surface area contributed by atoms with E-state index in [2.05, 4.69) is 82.4 Å². The lowest BCUT2D eigenvalue weighted by Gasteiger charge is -2.31. The molecule has 2 rings (SSSR count). The molecule has 1 aliphatic rings. The van der Waals surface area contributed by atoms with Gasteiger partial charge in [0.2, 0.25) is 0 Å². The number of thioether (sulfide) groups is 1. The number of nitrogens with one attached hydrogen (secondary N) is 4. The minimum atomic E-state index is 0.0556. The largest absolute Gasteiger partial charge is 0.373 e. The van der Waals surface area contributed by atoms with Crippen molar-refractivity contribution in [1.29, 1.82) is 5.41 Å². The Hall–Kier alpha value is -2.28. The van der Waals surface area contributed by atoms with E-state index in [4.69, 9.17) is 10.4 Å². The summed E-state index contributed by atoms with van der Waals surface area (Å²) in [5.41, 5.74) is 3.96. The Morgan fingerprint density at radius 3 is 2.56 bits per heavy atom. The zero-order valence-electron chi connectivity index (χ0n) is 22.5. The van der Waals surface area contributed by atoms with Crippen molar-refractivity contribution >= 4 is 29.3 Å². The second-order valence-corrected chi connectivity index (χ2v) is 11.9. The Morgan fingerprint density at radius 1 is 1.26 bits per heavy atom. The van der Waals surface area contributed by atoms with Crippen molar-refractivity contribution in [3.8, 4) is 0 Å². The van der Waals surface area contributed by atoms with Gasteiger partial charge < -0.3 is 16.0 Å². The van der Waals surface area contributed by atoms with Crippen LogP contribution in [-0.2, 0) is 0 Å². The third kappa shape index (κ3) is 8.49. The number of anilines is 1. The molecule has 0 amide bonds. The van der Waals surface area contributed by atoms with Crippen molar-refractivity contribution in [2.75, 3.05) is 18.2 Å². The number of aliphatic imine (C=N–C) groups is 1. The van der Waals surface area contributed by atoms with Crippen LogP contribution in [0.5, 0.6) is 0 Å². The number of amidine groups is 2. The molecule has 6 nitrogen and oxygen atoms in total. The quantitative estimate of drug-likeness (QED) is 0.137. The Kier molecular flexibility index (Phi) is 9.80. The fourth-order valence-electron chi connectivity index (χ4n) is 4.44. The summed E-state index contributed by atoms with van der Waals surface area (Å²) in [4.78, 5) is 9.66. The van der Waals surface area contributed by atoms with Gasteiger partial charge in [0.25, 0.3) is 0 Å². The molecule has 1 heterocycles. The summed E-state index contributed by atoms with van der Waals surface area (Å²) in [6, 6.07) is 6.08. The second-order valence-electron chi connectivity index (χ2n) is 10.9. The van der Waals surface area contributed by atoms with Crippen LogP contribution in [0, 0.1) is 16.2 Å². The van der Waals surface area contributed by atoms with E-state index in [0.29, 0.717) is 18.1 Å². The van der Waals surface area contributed by atoms with Crippen LogP contribution in [-0.4, -0.2) is 35.6 Å². The lowest BCUT2D eigenvalue weighted by molar-refractivity contribution is 0.314. The first-order valence-electron chi connectivity index (χ1n) is 12.2. The molecule has 0 spiro atoms. The van der Waals surface area contributed by atoms with Crippen LogP contribution in [0.25, 0.3) is 0 Å². The molecule has 7 heteroatoms. The molecule has 0 aliphatic heterocycles. The lowest BCUT2D eigenvalue weighted by Crippen LogP contribution is -2.36. The van der Waals surface area contributed by atoms with E-state index in [-0.39, 0.29) is 16.9 Å². The van der Waals surface area contributed by atoms with E-state index < -0.39 is 0 Å². The fraction of sp³-hybridized carbons (Fsp3) is 0.593. The predicted octanol–water partition coefficient (Wildman–Crippen LogP) is 6.59. The molecule has 1 unspecified atom stereocenters. The van der Waals surface area contributed by atoms with Gasteiger partial charge in [0.05, 0.1) is 18.3 Å². The second kappa shape index (κ2) is 11.9. The smallest absolute Gasteiger partial charge is 0.126 e. The molecule has 1 atom stereocenters. The van der Waals surface area contributed by atoms with Crippen molar-refractivity contribution in [2.45, 2.75) is 85.7 Å². The highest BCUT2D eigenvalue weighted by molar-refractivity contribution is 7.99. The molecular formula is C27H44N6S. The van der Waals surface area contributed by atoms with Crippen molar-refractivity contribution in [3.63, 3.8) is 0 Å². The van der Waals surface area contributed by atoms with E-state index >= 15 is 0 Å². The molecule has 34 heavy (non-hydrogen) atoms. The van der Waals surface area contributed by atoms with Crippen LogP contribution in [0.1, 0.15) is 74.7 Å². The standard InChI is InChI=1S/C27H44N6S/c1-10-20(26(4,5)6)31-23(33-25-18(2)15-27(7,8)16-19(25)3)14-21(28)30-17-34-24-13-11-12-22(29-9)32-24/h11-13,15,20H,10,14,16-17H2,1-9H3,(H2,28,30)(H,29,32)(H,31,33). The van der Waals surface area contributed by atoms with E-state index in [9.17, 15) is 0 Å². The zero-order valence-corrected chi connectivity index (χ0v) is 23.3. The van der Waals surface area contributed by atoms with Gasteiger partial charge in [0, 0.05) is 12.7 Å². The van der Waals surface area contributed by atoms with Crippen LogP contribution in [0.4, 0.5) is 5.82 Å². The highest BCUT2D eigenvalue weighted by Crippen LogP contribution is 2.36. The summed E-state index contributed by atoms with van der Waals surface area (Å²) in [6.45, 7) is 17.8. The van der Waals surface area contributed by atoms with E-state index in [1.807, 2.05) is 25.2 Å². The average Bonchev–Trinajstić information content (AvgIpc) is 2.72. The molecule has 1 aliphatic carbocycles. The number of nitrogens with zero attached hydrogens (tertiary/aromatic N) is 2. The van der Waals surface area contributed by atoms with Crippen LogP contribution in [0.15, 0.2) is 51.1 Å². The SMILES string of the molecule is CCC(N=C(CC(=N)NCSc1cccc(NC)n1)NC1=C(C)CC(C)(C)C=C1C)C(C)(C)C. The van der Waals surface area contributed by atoms with Gasteiger partial charge in [-0.15, -0.1) is 0 Å². The molecule has 0 saturated carbocycles.